The van der Waals surface area contributed by atoms with Gasteiger partial charge in [-0.05, 0) is 36.1 Å². The molecule has 0 aromatic heterocycles. The molecule has 5 heteroatoms. The third kappa shape index (κ3) is 4.04. The summed E-state index contributed by atoms with van der Waals surface area (Å²) in [6.45, 7) is 5.74. The van der Waals surface area contributed by atoms with Gasteiger partial charge in [-0.25, -0.2) is 0 Å². The van der Waals surface area contributed by atoms with Gasteiger partial charge in [-0.1, -0.05) is 19.1 Å². The zero-order valence-electron chi connectivity index (χ0n) is 12.7. The third-order valence-corrected chi connectivity index (χ3v) is 4.03. The predicted octanol–water partition coefficient (Wildman–Crippen LogP) is 1.38. The summed E-state index contributed by atoms with van der Waals surface area (Å²) in [7, 11) is 0. The van der Waals surface area contributed by atoms with Crippen molar-refractivity contribution in [3.05, 3.63) is 29.8 Å². The van der Waals surface area contributed by atoms with Gasteiger partial charge in [-0.15, -0.1) is 0 Å². The van der Waals surface area contributed by atoms with Gasteiger partial charge in [0.25, 0.3) is 0 Å². The number of hydrogen-bond donors (Lipinski definition) is 2. The summed E-state index contributed by atoms with van der Waals surface area (Å²) in [5, 5.41) is 2.71. The van der Waals surface area contributed by atoms with Crippen LogP contribution in [0.25, 0.3) is 0 Å². The van der Waals surface area contributed by atoms with Crippen LogP contribution in [0.3, 0.4) is 0 Å². The van der Waals surface area contributed by atoms with Crippen LogP contribution >= 0.6 is 0 Å². The average molecular weight is 289 g/mol. The van der Waals surface area contributed by atoms with E-state index < -0.39 is 0 Å². The van der Waals surface area contributed by atoms with Crippen LogP contribution < -0.4 is 11.1 Å². The van der Waals surface area contributed by atoms with E-state index in [0.29, 0.717) is 13.0 Å². The van der Waals surface area contributed by atoms with E-state index in [4.69, 9.17) is 5.73 Å². The normalized spacial score (nSPS) is 21.4. The summed E-state index contributed by atoms with van der Waals surface area (Å²) < 4.78 is 0. The zero-order chi connectivity index (χ0) is 15.5. The Hall–Kier alpha value is -1.88. The summed E-state index contributed by atoms with van der Waals surface area (Å²) in [4.78, 5) is 25.2. The van der Waals surface area contributed by atoms with Crippen molar-refractivity contribution in [3.63, 3.8) is 0 Å². The van der Waals surface area contributed by atoms with Crippen LogP contribution in [0, 0.1) is 5.41 Å². The number of nitrogens with two attached hydrogens (primary N) is 1. The van der Waals surface area contributed by atoms with Crippen LogP contribution in [-0.2, 0) is 16.0 Å². The summed E-state index contributed by atoms with van der Waals surface area (Å²) in [6.07, 6.45) is 1.36. The van der Waals surface area contributed by atoms with Crippen LogP contribution in [0.5, 0.6) is 0 Å². The highest BCUT2D eigenvalue weighted by atomic mass is 16.2. The van der Waals surface area contributed by atoms with E-state index in [1.807, 2.05) is 29.2 Å². The number of hydrogen-bond acceptors (Lipinski definition) is 3. The Kier molecular flexibility index (Phi) is 4.63. The second-order valence-electron chi connectivity index (χ2n) is 6.13. The topological polar surface area (TPSA) is 75.4 Å². The lowest BCUT2D eigenvalue weighted by Gasteiger charge is -2.22. The molecule has 5 nitrogen and oxygen atoms in total. The standard InChI is InChI=1S/C16H23N3O2/c1-12(20)18-14-5-3-13(4-6-14)9-15(21)19-8-7-16(2,10-17)11-19/h3-6H,7-11,17H2,1-2H3,(H,18,20). The van der Waals surface area contributed by atoms with Gasteiger partial charge in [-0.2, -0.15) is 0 Å². The van der Waals surface area contributed by atoms with E-state index >= 15 is 0 Å². The molecule has 0 spiro atoms. The smallest absolute Gasteiger partial charge is 0.227 e. The predicted molar refractivity (Wildman–Crippen MR) is 82.8 cm³/mol. The van der Waals surface area contributed by atoms with Crippen molar-refractivity contribution >= 4 is 17.5 Å². The largest absolute Gasteiger partial charge is 0.342 e. The van der Waals surface area contributed by atoms with Crippen LogP contribution in [-0.4, -0.2) is 36.3 Å². The molecule has 0 aliphatic carbocycles. The highest BCUT2D eigenvalue weighted by Crippen LogP contribution is 2.28. The molecule has 3 N–H and O–H groups in total. The number of carbonyl (C=O) groups is 2. The molecule has 1 unspecified atom stereocenters. The quantitative estimate of drug-likeness (QED) is 0.879. The second-order valence-corrected chi connectivity index (χ2v) is 6.13. The highest BCUT2D eigenvalue weighted by molar-refractivity contribution is 5.88. The fraction of sp³-hybridized carbons (Fsp3) is 0.500. The Morgan fingerprint density at radius 3 is 2.52 bits per heavy atom. The Balaban J connectivity index is 1.93. The lowest BCUT2D eigenvalue weighted by Crippen LogP contribution is -2.35. The van der Waals surface area contributed by atoms with E-state index in [2.05, 4.69) is 12.2 Å². The van der Waals surface area contributed by atoms with Gasteiger partial charge >= 0.3 is 0 Å². The molecular formula is C16H23N3O2. The molecule has 1 aromatic carbocycles. The van der Waals surface area contributed by atoms with Crippen molar-refractivity contribution < 1.29 is 9.59 Å². The Morgan fingerprint density at radius 2 is 2.00 bits per heavy atom. The lowest BCUT2D eigenvalue weighted by atomic mass is 9.90. The van der Waals surface area contributed by atoms with Crippen molar-refractivity contribution in [2.75, 3.05) is 25.0 Å². The second kappa shape index (κ2) is 6.26. The number of likely N-dealkylation sites (tertiary alicyclic amines) is 1. The number of rotatable bonds is 4. The molecule has 1 aliphatic rings. The molecule has 1 atom stereocenters. The molecule has 1 aromatic rings. The van der Waals surface area contributed by atoms with Crippen LogP contribution in [0.4, 0.5) is 5.69 Å². The van der Waals surface area contributed by atoms with Crippen LogP contribution in [0.2, 0.25) is 0 Å². The third-order valence-electron chi connectivity index (χ3n) is 4.03. The molecule has 0 bridgehead atoms. The molecule has 114 valence electrons. The minimum atomic E-state index is -0.100. The number of anilines is 1. The summed E-state index contributed by atoms with van der Waals surface area (Å²) in [6, 6.07) is 7.39. The van der Waals surface area contributed by atoms with Crippen LogP contribution in [0.15, 0.2) is 24.3 Å². The van der Waals surface area contributed by atoms with Gasteiger partial charge in [0.2, 0.25) is 11.8 Å². The SMILES string of the molecule is CC(=O)Nc1ccc(CC(=O)N2CCC(C)(CN)C2)cc1. The molecule has 1 heterocycles. The first kappa shape index (κ1) is 15.5. The molecule has 1 saturated heterocycles. The maximum atomic E-state index is 12.3. The van der Waals surface area contributed by atoms with Gasteiger partial charge in [0, 0.05) is 25.7 Å². The molecule has 21 heavy (non-hydrogen) atoms. The Labute approximate surface area is 125 Å². The number of amides is 2. The fourth-order valence-corrected chi connectivity index (χ4v) is 2.60. The van der Waals surface area contributed by atoms with Crippen molar-refractivity contribution in [2.45, 2.75) is 26.7 Å². The first-order chi connectivity index (χ1) is 9.92. The Morgan fingerprint density at radius 1 is 1.33 bits per heavy atom. The van der Waals surface area contributed by atoms with E-state index in [-0.39, 0.29) is 17.2 Å². The van der Waals surface area contributed by atoms with E-state index in [1.165, 1.54) is 6.92 Å². The average Bonchev–Trinajstić information content (AvgIpc) is 2.84. The first-order valence-corrected chi connectivity index (χ1v) is 7.26. The van der Waals surface area contributed by atoms with Gasteiger partial charge in [0.05, 0.1) is 6.42 Å². The lowest BCUT2D eigenvalue weighted by molar-refractivity contribution is -0.129. The Bertz CT molecular complexity index is 527. The highest BCUT2D eigenvalue weighted by Gasteiger charge is 2.34. The van der Waals surface area contributed by atoms with Gasteiger partial charge in [0.15, 0.2) is 0 Å². The molecule has 0 radical (unpaired) electrons. The maximum Gasteiger partial charge on any atom is 0.227 e. The number of benzene rings is 1. The van der Waals surface area contributed by atoms with Crippen molar-refractivity contribution in [1.82, 2.24) is 4.90 Å². The minimum Gasteiger partial charge on any atom is -0.342 e. The first-order valence-electron chi connectivity index (χ1n) is 7.26. The van der Waals surface area contributed by atoms with E-state index in [1.54, 1.807) is 0 Å². The van der Waals surface area contributed by atoms with Gasteiger partial charge in [-0.3, -0.25) is 9.59 Å². The monoisotopic (exact) mass is 289 g/mol. The molecular weight excluding hydrogens is 266 g/mol. The number of carbonyl (C=O) groups excluding carboxylic acids is 2. The fourth-order valence-electron chi connectivity index (χ4n) is 2.60. The number of nitrogens with zero attached hydrogens (tertiary/aromatic N) is 1. The molecule has 1 fully saturated rings. The molecule has 2 amide bonds. The molecule has 2 rings (SSSR count). The van der Waals surface area contributed by atoms with Crippen LogP contribution in [0.1, 0.15) is 25.8 Å². The molecule has 0 saturated carbocycles. The zero-order valence-corrected chi connectivity index (χ0v) is 12.7. The van der Waals surface area contributed by atoms with E-state index in [0.717, 1.165) is 30.8 Å². The van der Waals surface area contributed by atoms with Crippen molar-refractivity contribution in [2.24, 2.45) is 11.1 Å². The van der Waals surface area contributed by atoms with Gasteiger partial charge < -0.3 is 16.0 Å². The minimum absolute atomic E-state index is 0.0604. The number of nitrogens with one attached hydrogen (secondary N) is 1. The van der Waals surface area contributed by atoms with Crippen molar-refractivity contribution in [1.29, 1.82) is 0 Å². The van der Waals surface area contributed by atoms with Crippen molar-refractivity contribution in [3.8, 4) is 0 Å². The van der Waals surface area contributed by atoms with E-state index in [9.17, 15) is 9.59 Å². The maximum absolute atomic E-state index is 12.3. The summed E-state index contributed by atoms with van der Waals surface area (Å²) >= 11 is 0. The summed E-state index contributed by atoms with van der Waals surface area (Å²) in [5.74, 6) is 0.0383. The summed E-state index contributed by atoms with van der Waals surface area (Å²) in [5.41, 5.74) is 7.53. The molecule has 1 aliphatic heterocycles. The van der Waals surface area contributed by atoms with Gasteiger partial charge in [0.1, 0.15) is 0 Å².